The second-order valence-corrected chi connectivity index (χ2v) is 7.31. The summed E-state index contributed by atoms with van der Waals surface area (Å²) in [6.45, 7) is 7.37. The molecular formula is C24H30N2O5. The molecule has 7 nitrogen and oxygen atoms in total. The van der Waals surface area contributed by atoms with Crippen LogP contribution in [0.4, 0.5) is 0 Å². The van der Waals surface area contributed by atoms with Crippen molar-refractivity contribution < 1.29 is 24.2 Å². The van der Waals surface area contributed by atoms with E-state index in [1.165, 1.54) is 6.08 Å². The predicted molar refractivity (Wildman–Crippen MR) is 119 cm³/mol. The summed E-state index contributed by atoms with van der Waals surface area (Å²) in [7, 11) is 0. The van der Waals surface area contributed by atoms with Crippen LogP contribution in [0.3, 0.4) is 0 Å². The number of carbonyl (C=O) groups excluding carboxylic acids is 2. The number of ether oxygens (including phenoxy) is 2. The lowest BCUT2D eigenvalue weighted by atomic mass is 10.1. The molecule has 2 aromatic rings. The Hall–Kier alpha value is -3.32. The standard InChI is InChI=1S/C24H30N2O5/c1-4-19(26-24(29)16-31-22-11-7-18(3)8-12-22)13-20(27)14-25-23(28)15-30-21-9-5-17(2)6-10-21/h4-12,19-20,27H,1,13-16H2,2-3H3,(H,25,28)(H,26,29)/t19?,20-/m0/s1. The molecule has 0 aliphatic carbocycles. The van der Waals surface area contributed by atoms with E-state index in [0.717, 1.165) is 11.1 Å². The molecule has 3 N–H and O–H groups in total. The van der Waals surface area contributed by atoms with Crippen LogP contribution < -0.4 is 20.1 Å². The summed E-state index contributed by atoms with van der Waals surface area (Å²) in [5, 5.41) is 15.5. The van der Waals surface area contributed by atoms with E-state index in [1.807, 2.05) is 38.1 Å². The molecule has 7 heteroatoms. The highest BCUT2D eigenvalue weighted by molar-refractivity contribution is 5.78. The third-order valence-electron chi connectivity index (χ3n) is 4.47. The minimum absolute atomic E-state index is 0.0379. The monoisotopic (exact) mass is 426 g/mol. The van der Waals surface area contributed by atoms with E-state index in [-0.39, 0.29) is 38.0 Å². The van der Waals surface area contributed by atoms with Gasteiger partial charge in [0.25, 0.3) is 11.8 Å². The first kappa shape index (κ1) is 24.0. The summed E-state index contributed by atoms with van der Waals surface area (Å²) in [5.74, 6) is 0.536. The van der Waals surface area contributed by atoms with Crippen LogP contribution in [0.25, 0.3) is 0 Å². The van der Waals surface area contributed by atoms with Crippen molar-refractivity contribution >= 4 is 11.8 Å². The molecule has 0 saturated heterocycles. The number of rotatable bonds is 12. The Bertz CT molecular complexity index is 849. The number of hydrogen-bond acceptors (Lipinski definition) is 5. The lowest BCUT2D eigenvalue weighted by Crippen LogP contribution is -2.42. The number of aliphatic hydroxyl groups excluding tert-OH is 1. The largest absolute Gasteiger partial charge is 0.484 e. The molecule has 0 radical (unpaired) electrons. The van der Waals surface area contributed by atoms with Crippen LogP contribution in [-0.4, -0.2) is 48.8 Å². The molecule has 0 saturated carbocycles. The maximum atomic E-state index is 12.1. The van der Waals surface area contributed by atoms with Gasteiger partial charge in [-0.05, 0) is 44.5 Å². The third-order valence-corrected chi connectivity index (χ3v) is 4.47. The van der Waals surface area contributed by atoms with E-state index >= 15 is 0 Å². The maximum absolute atomic E-state index is 12.1. The number of carbonyl (C=O) groups is 2. The van der Waals surface area contributed by atoms with Crippen LogP contribution in [0.2, 0.25) is 0 Å². The molecule has 166 valence electrons. The first-order valence-corrected chi connectivity index (χ1v) is 10.1. The van der Waals surface area contributed by atoms with Crippen molar-refractivity contribution in [1.82, 2.24) is 10.6 Å². The molecule has 31 heavy (non-hydrogen) atoms. The molecule has 0 spiro atoms. The lowest BCUT2D eigenvalue weighted by Gasteiger charge is -2.19. The third kappa shape index (κ3) is 9.35. The number of benzene rings is 2. The highest BCUT2D eigenvalue weighted by Crippen LogP contribution is 2.12. The van der Waals surface area contributed by atoms with Crippen molar-refractivity contribution in [2.45, 2.75) is 32.4 Å². The van der Waals surface area contributed by atoms with Crippen molar-refractivity contribution in [3.63, 3.8) is 0 Å². The molecule has 0 aromatic heterocycles. The summed E-state index contributed by atoms with van der Waals surface area (Å²) in [6, 6.07) is 14.3. The molecule has 0 aliphatic rings. The SMILES string of the molecule is C=CC(C[C@H](O)CNC(=O)COc1ccc(C)cc1)NC(=O)COc1ccc(C)cc1. The summed E-state index contributed by atoms with van der Waals surface area (Å²) >= 11 is 0. The average molecular weight is 427 g/mol. The molecule has 2 rings (SSSR count). The topological polar surface area (TPSA) is 96.9 Å². The van der Waals surface area contributed by atoms with Crippen LogP contribution in [0.1, 0.15) is 17.5 Å². The smallest absolute Gasteiger partial charge is 0.258 e. The quantitative estimate of drug-likeness (QED) is 0.453. The number of amides is 2. The zero-order valence-electron chi connectivity index (χ0n) is 18.0. The minimum atomic E-state index is -0.857. The maximum Gasteiger partial charge on any atom is 0.258 e. The Kier molecular flexibility index (Phi) is 9.58. The first-order chi connectivity index (χ1) is 14.9. The zero-order chi connectivity index (χ0) is 22.6. The van der Waals surface area contributed by atoms with Gasteiger partial charge in [0, 0.05) is 12.6 Å². The second-order valence-electron chi connectivity index (χ2n) is 7.31. The van der Waals surface area contributed by atoms with Gasteiger partial charge >= 0.3 is 0 Å². The number of aryl methyl sites for hydroxylation is 2. The zero-order valence-corrected chi connectivity index (χ0v) is 18.0. The molecule has 0 bridgehead atoms. The fourth-order valence-corrected chi connectivity index (χ4v) is 2.69. The van der Waals surface area contributed by atoms with Crippen molar-refractivity contribution in [2.24, 2.45) is 0 Å². The normalized spacial score (nSPS) is 12.4. The van der Waals surface area contributed by atoms with Crippen LogP contribution in [0, 0.1) is 13.8 Å². The molecule has 0 fully saturated rings. The molecule has 1 unspecified atom stereocenters. The lowest BCUT2D eigenvalue weighted by molar-refractivity contribution is -0.124. The van der Waals surface area contributed by atoms with Crippen LogP contribution in [-0.2, 0) is 9.59 Å². The molecule has 2 atom stereocenters. The fraction of sp³-hybridized carbons (Fsp3) is 0.333. The van der Waals surface area contributed by atoms with Crippen molar-refractivity contribution in [1.29, 1.82) is 0 Å². The average Bonchev–Trinajstić information content (AvgIpc) is 2.76. The van der Waals surface area contributed by atoms with Crippen molar-refractivity contribution in [3.8, 4) is 11.5 Å². The van der Waals surface area contributed by atoms with E-state index < -0.39 is 12.1 Å². The van der Waals surface area contributed by atoms with E-state index in [9.17, 15) is 14.7 Å². The minimum Gasteiger partial charge on any atom is -0.484 e. The Balaban J connectivity index is 1.66. The Morgan fingerprint density at radius 2 is 1.42 bits per heavy atom. The summed E-state index contributed by atoms with van der Waals surface area (Å²) < 4.78 is 10.8. The molecule has 0 aliphatic heterocycles. The molecule has 2 amide bonds. The van der Waals surface area contributed by atoms with Crippen LogP contribution in [0.15, 0.2) is 61.2 Å². The summed E-state index contributed by atoms with van der Waals surface area (Å²) in [5.41, 5.74) is 2.21. The molecular weight excluding hydrogens is 396 g/mol. The van der Waals surface area contributed by atoms with Gasteiger partial charge in [0.05, 0.1) is 6.10 Å². The highest BCUT2D eigenvalue weighted by Gasteiger charge is 2.15. The molecule has 0 heterocycles. The van der Waals surface area contributed by atoms with Gasteiger partial charge in [-0.3, -0.25) is 9.59 Å². The number of aliphatic hydroxyl groups is 1. The Labute approximate surface area is 183 Å². The van der Waals surface area contributed by atoms with Gasteiger partial charge < -0.3 is 25.2 Å². The van der Waals surface area contributed by atoms with Gasteiger partial charge in [0.15, 0.2) is 13.2 Å². The van der Waals surface area contributed by atoms with Crippen LogP contribution >= 0.6 is 0 Å². The second kappa shape index (κ2) is 12.4. The fourth-order valence-electron chi connectivity index (χ4n) is 2.69. The van der Waals surface area contributed by atoms with E-state index in [0.29, 0.717) is 11.5 Å². The highest BCUT2D eigenvalue weighted by atomic mass is 16.5. The Morgan fingerprint density at radius 3 is 1.90 bits per heavy atom. The summed E-state index contributed by atoms with van der Waals surface area (Å²) in [6.07, 6.45) is 0.887. The van der Waals surface area contributed by atoms with Gasteiger partial charge in [-0.1, -0.05) is 41.5 Å². The van der Waals surface area contributed by atoms with E-state index in [4.69, 9.17) is 9.47 Å². The summed E-state index contributed by atoms with van der Waals surface area (Å²) in [4.78, 5) is 24.0. The van der Waals surface area contributed by atoms with E-state index in [1.54, 1.807) is 24.3 Å². The van der Waals surface area contributed by atoms with Gasteiger partial charge in [-0.15, -0.1) is 6.58 Å². The van der Waals surface area contributed by atoms with Gasteiger partial charge in [-0.25, -0.2) is 0 Å². The Morgan fingerprint density at radius 1 is 0.935 bits per heavy atom. The van der Waals surface area contributed by atoms with Crippen molar-refractivity contribution in [2.75, 3.05) is 19.8 Å². The van der Waals surface area contributed by atoms with Gasteiger partial charge in [-0.2, -0.15) is 0 Å². The molecule has 2 aromatic carbocycles. The van der Waals surface area contributed by atoms with E-state index in [2.05, 4.69) is 17.2 Å². The number of nitrogens with one attached hydrogen (secondary N) is 2. The van der Waals surface area contributed by atoms with Crippen molar-refractivity contribution in [3.05, 3.63) is 72.3 Å². The van der Waals surface area contributed by atoms with Gasteiger partial charge in [0.2, 0.25) is 0 Å². The first-order valence-electron chi connectivity index (χ1n) is 10.1. The number of hydrogen-bond donors (Lipinski definition) is 3. The predicted octanol–water partition coefficient (Wildman–Crippen LogP) is 2.30. The van der Waals surface area contributed by atoms with Gasteiger partial charge in [0.1, 0.15) is 11.5 Å². The van der Waals surface area contributed by atoms with Crippen LogP contribution in [0.5, 0.6) is 11.5 Å².